The molecule has 0 aromatic heterocycles. The average molecular weight is 260 g/mol. The zero-order valence-electron chi connectivity index (χ0n) is 11.3. The Balaban J connectivity index is 2.12. The molecule has 18 heavy (non-hydrogen) atoms. The second-order valence-electron chi connectivity index (χ2n) is 4.57. The first-order chi connectivity index (χ1) is 8.65. The minimum atomic E-state index is -0.272. The fourth-order valence-electron chi connectivity index (χ4n) is 1.87. The molecule has 0 aromatic rings. The van der Waals surface area contributed by atoms with Gasteiger partial charge < -0.3 is 19.5 Å². The van der Waals surface area contributed by atoms with E-state index in [0.717, 1.165) is 13.1 Å². The highest BCUT2D eigenvalue weighted by atomic mass is 16.6. The number of rotatable bonds is 6. The number of hydrogen-bond acceptors (Lipinski definition) is 5. The van der Waals surface area contributed by atoms with Crippen LogP contribution in [0.25, 0.3) is 0 Å². The molecule has 1 aliphatic rings. The maximum atomic E-state index is 11.7. The Morgan fingerprint density at radius 2 is 1.83 bits per heavy atom. The Hall–Kier alpha value is -0.850. The average Bonchev–Trinajstić information content (AvgIpc) is 2.38. The molecule has 0 unspecified atom stereocenters. The summed E-state index contributed by atoms with van der Waals surface area (Å²) in [5.74, 6) is 0. The summed E-state index contributed by atoms with van der Waals surface area (Å²) < 4.78 is 10.1. The molecule has 1 fully saturated rings. The van der Waals surface area contributed by atoms with Gasteiger partial charge in [-0.05, 0) is 13.8 Å². The fraction of sp³-hybridized carbons (Fsp3) is 0.917. The Morgan fingerprint density at radius 3 is 2.39 bits per heavy atom. The van der Waals surface area contributed by atoms with Crippen LogP contribution in [0.1, 0.15) is 13.8 Å². The van der Waals surface area contributed by atoms with Crippen molar-refractivity contribution in [3.8, 4) is 0 Å². The molecule has 0 aliphatic carbocycles. The smallest absolute Gasteiger partial charge is 0.409 e. The summed E-state index contributed by atoms with van der Waals surface area (Å²) in [5, 5.41) is 8.50. The van der Waals surface area contributed by atoms with E-state index in [1.54, 1.807) is 4.90 Å². The Morgan fingerprint density at radius 1 is 1.17 bits per heavy atom. The summed E-state index contributed by atoms with van der Waals surface area (Å²) in [7, 11) is 0. The molecule has 0 saturated carbocycles. The van der Waals surface area contributed by atoms with E-state index in [1.807, 2.05) is 0 Å². The molecule has 0 aromatic carbocycles. The maximum absolute atomic E-state index is 11.7. The minimum absolute atomic E-state index is 0.00882. The third-order valence-electron chi connectivity index (χ3n) is 2.99. The first-order valence-corrected chi connectivity index (χ1v) is 6.49. The zero-order valence-corrected chi connectivity index (χ0v) is 11.3. The molecular weight excluding hydrogens is 236 g/mol. The zero-order chi connectivity index (χ0) is 13.4. The summed E-state index contributed by atoms with van der Waals surface area (Å²) in [6, 6.07) is 0.523. The molecule has 0 atom stereocenters. The van der Waals surface area contributed by atoms with Gasteiger partial charge in [-0.2, -0.15) is 0 Å². The number of carbonyl (C=O) groups excluding carboxylic acids is 1. The van der Waals surface area contributed by atoms with Crippen molar-refractivity contribution in [1.82, 2.24) is 9.80 Å². The standard InChI is InChI=1S/C12H24N2O4/c1-11(2)13-3-5-14(6-4-13)12(16)18-10-9-17-8-7-15/h11,15H,3-10H2,1-2H3. The number of carbonyl (C=O) groups is 1. The summed E-state index contributed by atoms with van der Waals surface area (Å²) in [6.07, 6.45) is -0.272. The van der Waals surface area contributed by atoms with Gasteiger partial charge in [-0.3, -0.25) is 4.90 Å². The van der Waals surface area contributed by atoms with Crippen LogP contribution in [0, 0.1) is 0 Å². The molecule has 106 valence electrons. The van der Waals surface area contributed by atoms with Gasteiger partial charge >= 0.3 is 6.09 Å². The topological polar surface area (TPSA) is 62.2 Å². The van der Waals surface area contributed by atoms with Crippen molar-refractivity contribution >= 4 is 6.09 Å². The molecule has 0 radical (unpaired) electrons. The van der Waals surface area contributed by atoms with Crippen molar-refractivity contribution in [3.63, 3.8) is 0 Å². The van der Waals surface area contributed by atoms with Crippen molar-refractivity contribution in [1.29, 1.82) is 0 Å². The number of aliphatic hydroxyl groups is 1. The highest BCUT2D eigenvalue weighted by Gasteiger charge is 2.23. The molecule has 1 rings (SSSR count). The highest BCUT2D eigenvalue weighted by Crippen LogP contribution is 2.06. The molecule has 0 bridgehead atoms. The van der Waals surface area contributed by atoms with E-state index in [-0.39, 0.29) is 25.9 Å². The predicted molar refractivity (Wildman–Crippen MR) is 67.5 cm³/mol. The van der Waals surface area contributed by atoms with Crippen LogP contribution in [-0.2, 0) is 9.47 Å². The van der Waals surface area contributed by atoms with Crippen molar-refractivity contribution < 1.29 is 19.4 Å². The van der Waals surface area contributed by atoms with Crippen molar-refractivity contribution in [2.75, 3.05) is 52.6 Å². The number of aliphatic hydroxyl groups excluding tert-OH is 1. The predicted octanol–water partition coefficient (Wildman–Crippen LogP) is 0.158. The molecular formula is C12H24N2O4. The van der Waals surface area contributed by atoms with Gasteiger partial charge in [-0.15, -0.1) is 0 Å². The lowest BCUT2D eigenvalue weighted by Gasteiger charge is -2.36. The number of hydrogen-bond donors (Lipinski definition) is 1. The normalized spacial score (nSPS) is 17.2. The van der Waals surface area contributed by atoms with E-state index < -0.39 is 0 Å². The molecule has 6 heteroatoms. The molecule has 1 saturated heterocycles. The summed E-state index contributed by atoms with van der Waals surface area (Å²) in [4.78, 5) is 15.8. The van der Waals surface area contributed by atoms with Gasteiger partial charge in [0.15, 0.2) is 0 Å². The van der Waals surface area contributed by atoms with Gasteiger partial charge in [0.05, 0.1) is 19.8 Å². The number of amides is 1. The quantitative estimate of drug-likeness (QED) is 0.689. The molecule has 1 heterocycles. The maximum Gasteiger partial charge on any atom is 0.409 e. The van der Waals surface area contributed by atoms with E-state index in [2.05, 4.69) is 18.7 Å². The summed E-state index contributed by atoms with van der Waals surface area (Å²) >= 11 is 0. The molecule has 1 amide bonds. The van der Waals surface area contributed by atoms with E-state index >= 15 is 0 Å². The lowest BCUT2D eigenvalue weighted by Crippen LogP contribution is -2.50. The van der Waals surface area contributed by atoms with Crippen molar-refractivity contribution in [2.45, 2.75) is 19.9 Å². The van der Waals surface area contributed by atoms with Gasteiger partial charge in [0.1, 0.15) is 6.61 Å². The van der Waals surface area contributed by atoms with E-state index in [0.29, 0.717) is 25.7 Å². The molecule has 6 nitrogen and oxygen atoms in total. The minimum Gasteiger partial charge on any atom is -0.447 e. The number of ether oxygens (including phenoxy) is 2. The van der Waals surface area contributed by atoms with Crippen LogP contribution < -0.4 is 0 Å². The molecule has 1 aliphatic heterocycles. The third-order valence-corrected chi connectivity index (χ3v) is 2.99. The lowest BCUT2D eigenvalue weighted by atomic mass is 10.2. The highest BCUT2D eigenvalue weighted by molar-refractivity contribution is 5.67. The van der Waals surface area contributed by atoms with Crippen LogP contribution in [-0.4, -0.2) is 79.6 Å². The molecule has 1 N–H and O–H groups in total. The largest absolute Gasteiger partial charge is 0.447 e. The first kappa shape index (κ1) is 15.2. The fourth-order valence-corrected chi connectivity index (χ4v) is 1.87. The SMILES string of the molecule is CC(C)N1CCN(C(=O)OCCOCCO)CC1. The Labute approximate surface area is 108 Å². The number of piperazine rings is 1. The summed E-state index contributed by atoms with van der Waals surface area (Å²) in [5.41, 5.74) is 0. The number of nitrogens with zero attached hydrogens (tertiary/aromatic N) is 2. The van der Waals surface area contributed by atoms with Crippen LogP contribution in [0.3, 0.4) is 0 Å². The van der Waals surface area contributed by atoms with Gasteiger partial charge in [-0.25, -0.2) is 4.79 Å². The summed E-state index contributed by atoms with van der Waals surface area (Å²) in [6.45, 7) is 8.39. The van der Waals surface area contributed by atoms with E-state index in [1.165, 1.54) is 0 Å². The first-order valence-electron chi connectivity index (χ1n) is 6.49. The van der Waals surface area contributed by atoms with Crippen LogP contribution in [0.15, 0.2) is 0 Å². The van der Waals surface area contributed by atoms with Crippen molar-refractivity contribution in [3.05, 3.63) is 0 Å². The monoisotopic (exact) mass is 260 g/mol. The van der Waals surface area contributed by atoms with Gasteiger partial charge in [0.25, 0.3) is 0 Å². The van der Waals surface area contributed by atoms with Gasteiger partial charge in [0.2, 0.25) is 0 Å². The van der Waals surface area contributed by atoms with Crippen LogP contribution in [0.4, 0.5) is 4.79 Å². The Bertz CT molecular complexity index is 240. The van der Waals surface area contributed by atoms with Gasteiger partial charge in [-0.1, -0.05) is 0 Å². The van der Waals surface area contributed by atoms with Crippen LogP contribution >= 0.6 is 0 Å². The van der Waals surface area contributed by atoms with Crippen LogP contribution in [0.5, 0.6) is 0 Å². The van der Waals surface area contributed by atoms with Crippen LogP contribution in [0.2, 0.25) is 0 Å². The molecule has 0 spiro atoms. The second-order valence-corrected chi connectivity index (χ2v) is 4.57. The van der Waals surface area contributed by atoms with E-state index in [4.69, 9.17) is 14.6 Å². The van der Waals surface area contributed by atoms with E-state index in [9.17, 15) is 4.79 Å². The third kappa shape index (κ3) is 5.20. The van der Waals surface area contributed by atoms with Gasteiger partial charge in [0, 0.05) is 32.2 Å². The second kappa shape index (κ2) is 8.29. The Kier molecular flexibility index (Phi) is 7.00. The lowest BCUT2D eigenvalue weighted by molar-refractivity contribution is 0.0322. The van der Waals surface area contributed by atoms with Crippen molar-refractivity contribution in [2.24, 2.45) is 0 Å².